The lowest BCUT2D eigenvalue weighted by Gasteiger charge is -2.32. The third-order valence-corrected chi connectivity index (χ3v) is 4.87. The lowest BCUT2D eigenvalue weighted by Crippen LogP contribution is -2.49. The van der Waals surface area contributed by atoms with Gasteiger partial charge in [0.2, 0.25) is 0 Å². The highest BCUT2D eigenvalue weighted by Crippen LogP contribution is 2.22. The fraction of sp³-hybridized carbons (Fsp3) is 0.619. The number of rotatable bonds is 4. The normalized spacial score (nSPS) is 16.2. The van der Waals surface area contributed by atoms with E-state index in [4.69, 9.17) is 4.74 Å². The van der Waals surface area contributed by atoms with Crippen LogP contribution in [0.5, 0.6) is 0 Å². The SMILES string of the molecule is CCOC(=O)N1CCC(NC(=NC)NCc2ccc(C(C)(C)C)cc2)CC1. The molecule has 2 N–H and O–H groups in total. The maximum atomic E-state index is 11.8. The van der Waals surface area contributed by atoms with Crippen LogP contribution in [0, 0.1) is 0 Å². The maximum Gasteiger partial charge on any atom is 0.409 e. The average molecular weight is 375 g/mol. The molecule has 2 rings (SSSR count). The zero-order valence-electron chi connectivity index (χ0n) is 17.3. The van der Waals surface area contributed by atoms with Crippen molar-refractivity contribution < 1.29 is 9.53 Å². The van der Waals surface area contributed by atoms with Crippen molar-refractivity contribution in [2.75, 3.05) is 26.7 Å². The van der Waals surface area contributed by atoms with Crippen molar-refractivity contribution in [3.05, 3.63) is 35.4 Å². The monoisotopic (exact) mass is 374 g/mol. The van der Waals surface area contributed by atoms with Crippen LogP contribution in [0.1, 0.15) is 51.7 Å². The van der Waals surface area contributed by atoms with Gasteiger partial charge in [0.15, 0.2) is 5.96 Å². The zero-order chi connectivity index (χ0) is 19.9. The van der Waals surface area contributed by atoms with Gasteiger partial charge in [0.1, 0.15) is 0 Å². The third-order valence-electron chi connectivity index (χ3n) is 4.87. The number of nitrogens with zero attached hydrogens (tertiary/aromatic N) is 2. The number of likely N-dealkylation sites (tertiary alicyclic amines) is 1. The summed E-state index contributed by atoms with van der Waals surface area (Å²) >= 11 is 0. The topological polar surface area (TPSA) is 66.0 Å². The molecule has 0 unspecified atom stereocenters. The number of carbonyl (C=O) groups is 1. The molecule has 150 valence electrons. The van der Waals surface area contributed by atoms with Crippen molar-refractivity contribution in [1.82, 2.24) is 15.5 Å². The number of amides is 1. The predicted octanol–water partition coefficient (Wildman–Crippen LogP) is 3.27. The molecule has 0 aromatic heterocycles. The molecule has 1 amide bonds. The molecule has 0 bridgehead atoms. The Kier molecular flexibility index (Phi) is 7.51. The van der Waals surface area contributed by atoms with E-state index in [2.05, 4.69) is 60.7 Å². The standard InChI is InChI=1S/C21H34N4O2/c1-6-27-20(26)25-13-11-18(12-14-25)24-19(22-5)23-15-16-7-9-17(10-8-16)21(2,3)4/h7-10,18H,6,11-15H2,1-5H3,(H2,22,23,24). The van der Waals surface area contributed by atoms with Gasteiger partial charge in [0.25, 0.3) is 0 Å². The smallest absolute Gasteiger partial charge is 0.409 e. The lowest BCUT2D eigenvalue weighted by atomic mass is 9.87. The Morgan fingerprint density at radius 1 is 1.22 bits per heavy atom. The van der Waals surface area contributed by atoms with Gasteiger partial charge in [-0.1, -0.05) is 45.0 Å². The van der Waals surface area contributed by atoms with Crippen molar-refractivity contribution in [2.45, 2.75) is 58.5 Å². The first kappa shape index (κ1) is 21.1. The molecule has 1 saturated heterocycles. The summed E-state index contributed by atoms with van der Waals surface area (Å²) in [5.74, 6) is 0.796. The first-order chi connectivity index (χ1) is 12.8. The van der Waals surface area contributed by atoms with E-state index in [-0.39, 0.29) is 11.5 Å². The Morgan fingerprint density at radius 3 is 2.37 bits per heavy atom. The lowest BCUT2D eigenvalue weighted by molar-refractivity contribution is 0.0963. The van der Waals surface area contributed by atoms with Crippen molar-refractivity contribution >= 4 is 12.1 Å². The van der Waals surface area contributed by atoms with Gasteiger partial charge in [0.05, 0.1) is 6.61 Å². The van der Waals surface area contributed by atoms with E-state index in [1.54, 1.807) is 11.9 Å². The summed E-state index contributed by atoms with van der Waals surface area (Å²) in [6.07, 6.45) is 1.57. The Bertz CT molecular complexity index is 627. The van der Waals surface area contributed by atoms with Gasteiger partial charge in [0, 0.05) is 32.7 Å². The Balaban J connectivity index is 1.79. The molecule has 0 saturated carbocycles. The molecular weight excluding hydrogens is 340 g/mol. The minimum absolute atomic E-state index is 0.169. The summed E-state index contributed by atoms with van der Waals surface area (Å²) in [4.78, 5) is 17.9. The maximum absolute atomic E-state index is 11.8. The molecule has 1 heterocycles. The van der Waals surface area contributed by atoms with Crippen molar-refractivity contribution in [2.24, 2.45) is 4.99 Å². The van der Waals surface area contributed by atoms with E-state index in [1.807, 2.05) is 6.92 Å². The number of guanidine groups is 1. The number of piperidine rings is 1. The van der Waals surface area contributed by atoms with Crippen LogP contribution in [-0.2, 0) is 16.7 Å². The molecule has 1 aliphatic rings. The second kappa shape index (κ2) is 9.62. The van der Waals surface area contributed by atoms with Gasteiger partial charge in [-0.3, -0.25) is 4.99 Å². The third kappa shape index (κ3) is 6.45. The summed E-state index contributed by atoms with van der Waals surface area (Å²) in [6.45, 7) is 11.1. The fourth-order valence-corrected chi connectivity index (χ4v) is 3.12. The van der Waals surface area contributed by atoms with Crippen LogP contribution in [0.2, 0.25) is 0 Å². The van der Waals surface area contributed by atoms with E-state index >= 15 is 0 Å². The minimum Gasteiger partial charge on any atom is -0.450 e. The molecule has 0 spiro atoms. The van der Waals surface area contributed by atoms with Gasteiger partial charge in [-0.05, 0) is 36.3 Å². The molecule has 1 aliphatic heterocycles. The molecule has 0 radical (unpaired) electrons. The highest BCUT2D eigenvalue weighted by Gasteiger charge is 2.24. The molecule has 1 aromatic rings. The summed E-state index contributed by atoms with van der Waals surface area (Å²) in [5, 5.41) is 6.84. The van der Waals surface area contributed by atoms with E-state index in [0.717, 1.165) is 25.3 Å². The van der Waals surface area contributed by atoms with E-state index in [9.17, 15) is 4.79 Å². The highest BCUT2D eigenvalue weighted by molar-refractivity contribution is 5.80. The van der Waals surface area contributed by atoms with Crippen LogP contribution in [-0.4, -0.2) is 49.7 Å². The second-order valence-corrected chi connectivity index (χ2v) is 7.98. The average Bonchev–Trinajstić information content (AvgIpc) is 2.65. The minimum atomic E-state index is -0.211. The summed E-state index contributed by atoms with van der Waals surface area (Å²) < 4.78 is 5.07. The van der Waals surface area contributed by atoms with E-state index in [0.29, 0.717) is 25.7 Å². The predicted molar refractivity (Wildman–Crippen MR) is 110 cm³/mol. The van der Waals surface area contributed by atoms with Crippen LogP contribution in [0.4, 0.5) is 4.79 Å². The van der Waals surface area contributed by atoms with Crippen LogP contribution in [0.15, 0.2) is 29.3 Å². The van der Waals surface area contributed by atoms with Gasteiger partial charge in [-0.25, -0.2) is 4.79 Å². The Hall–Kier alpha value is -2.24. The van der Waals surface area contributed by atoms with E-state index < -0.39 is 0 Å². The molecule has 6 nitrogen and oxygen atoms in total. The van der Waals surface area contributed by atoms with Crippen molar-refractivity contribution in [1.29, 1.82) is 0 Å². The summed E-state index contributed by atoms with van der Waals surface area (Å²) in [7, 11) is 1.78. The number of carbonyl (C=O) groups excluding carboxylic acids is 1. The number of hydrogen-bond acceptors (Lipinski definition) is 3. The molecule has 0 aliphatic carbocycles. The van der Waals surface area contributed by atoms with Crippen LogP contribution >= 0.6 is 0 Å². The summed E-state index contributed by atoms with van der Waals surface area (Å²) in [5.41, 5.74) is 2.73. The first-order valence-electron chi connectivity index (χ1n) is 9.81. The number of aliphatic imine (C=N–C) groups is 1. The van der Waals surface area contributed by atoms with Crippen molar-refractivity contribution in [3.8, 4) is 0 Å². The Morgan fingerprint density at radius 2 is 1.85 bits per heavy atom. The number of ether oxygens (including phenoxy) is 1. The Labute approximate surface area is 163 Å². The second-order valence-electron chi connectivity index (χ2n) is 7.98. The summed E-state index contributed by atoms with van der Waals surface area (Å²) in [6, 6.07) is 9.03. The van der Waals surface area contributed by atoms with Gasteiger partial charge < -0.3 is 20.3 Å². The molecule has 0 atom stereocenters. The largest absolute Gasteiger partial charge is 0.450 e. The molecule has 1 fully saturated rings. The highest BCUT2D eigenvalue weighted by atomic mass is 16.6. The molecule has 1 aromatic carbocycles. The first-order valence-corrected chi connectivity index (χ1v) is 9.81. The van der Waals surface area contributed by atoms with Gasteiger partial charge in [-0.15, -0.1) is 0 Å². The number of nitrogens with one attached hydrogen (secondary N) is 2. The van der Waals surface area contributed by atoms with Crippen LogP contribution < -0.4 is 10.6 Å². The quantitative estimate of drug-likeness (QED) is 0.627. The van der Waals surface area contributed by atoms with Gasteiger partial charge >= 0.3 is 6.09 Å². The number of hydrogen-bond donors (Lipinski definition) is 2. The number of benzene rings is 1. The molecular formula is C21H34N4O2. The van der Waals surface area contributed by atoms with Crippen LogP contribution in [0.25, 0.3) is 0 Å². The van der Waals surface area contributed by atoms with Crippen LogP contribution in [0.3, 0.4) is 0 Å². The zero-order valence-corrected chi connectivity index (χ0v) is 17.3. The van der Waals surface area contributed by atoms with Crippen molar-refractivity contribution in [3.63, 3.8) is 0 Å². The molecule has 27 heavy (non-hydrogen) atoms. The van der Waals surface area contributed by atoms with E-state index in [1.165, 1.54) is 11.1 Å². The van der Waals surface area contributed by atoms with Gasteiger partial charge in [-0.2, -0.15) is 0 Å². The fourth-order valence-electron chi connectivity index (χ4n) is 3.12. The molecule has 6 heteroatoms.